The minimum Gasteiger partial charge on any atom is -0.494 e. The Hall–Kier alpha value is -1.46. The molecule has 1 aromatic carbocycles. The number of ether oxygens (including phenoxy) is 1. The van der Waals surface area contributed by atoms with Gasteiger partial charge < -0.3 is 10.1 Å². The van der Waals surface area contributed by atoms with Crippen LogP contribution in [0.3, 0.4) is 0 Å². The summed E-state index contributed by atoms with van der Waals surface area (Å²) in [5.74, 6) is 3.61. The van der Waals surface area contributed by atoms with E-state index in [0.717, 1.165) is 25.1 Å². The van der Waals surface area contributed by atoms with E-state index in [1.165, 1.54) is 5.56 Å². The summed E-state index contributed by atoms with van der Waals surface area (Å²) in [6.07, 6.45) is 7.08. The summed E-state index contributed by atoms with van der Waals surface area (Å²) in [5, 5.41) is 3.45. The molecule has 0 aromatic heterocycles. The standard InChI is InChI=1S/C15H21NO/c1-4-7-8-15(16-5-2)13-9-11-14(12-10-13)17-6-3/h1,9-12,15-16H,5-8H2,2-3H3. The molecule has 1 atom stereocenters. The predicted octanol–water partition coefficient (Wildman–Crippen LogP) is 3.15. The zero-order chi connectivity index (χ0) is 12.5. The Balaban J connectivity index is 2.69. The average molecular weight is 231 g/mol. The van der Waals surface area contributed by atoms with Gasteiger partial charge in [-0.2, -0.15) is 0 Å². The van der Waals surface area contributed by atoms with Gasteiger partial charge in [-0.3, -0.25) is 0 Å². The SMILES string of the molecule is C#CCCC(NCC)c1ccc(OCC)cc1. The molecule has 0 bridgehead atoms. The fourth-order valence-corrected chi connectivity index (χ4v) is 1.82. The van der Waals surface area contributed by atoms with Crippen molar-refractivity contribution in [2.75, 3.05) is 13.2 Å². The van der Waals surface area contributed by atoms with Gasteiger partial charge >= 0.3 is 0 Å². The molecule has 1 rings (SSSR count). The summed E-state index contributed by atoms with van der Waals surface area (Å²) in [6, 6.07) is 8.58. The van der Waals surface area contributed by atoms with E-state index in [1.54, 1.807) is 0 Å². The summed E-state index contributed by atoms with van der Waals surface area (Å²) in [7, 11) is 0. The van der Waals surface area contributed by atoms with Gasteiger partial charge in [-0.15, -0.1) is 12.3 Å². The van der Waals surface area contributed by atoms with Crippen molar-refractivity contribution in [2.24, 2.45) is 0 Å². The lowest BCUT2D eigenvalue weighted by molar-refractivity contribution is 0.340. The largest absolute Gasteiger partial charge is 0.494 e. The lowest BCUT2D eigenvalue weighted by Gasteiger charge is -2.17. The summed E-state index contributed by atoms with van der Waals surface area (Å²) in [6.45, 7) is 5.75. The number of terminal acetylenes is 1. The van der Waals surface area contributed by atoms with E-state index < -0.39 is 0 Å². The molecule has 0 saturated heterocycles. The number of benzene rings is 1. The lowest BCUT2D eigenvalue weighted by atomic mass is 10.0. The maximum absolute atomic E-state index is 5.43. The predicted molar refractivity (Wildman–Crippen MR) is 72.1 cm³/mol. The minimum atomic E-state index is 0.340. The third-order valence-electron chi connectivity index (χ3n) is 2.62. The van der Waals surface area contributed by atoms with Crippen LogP contribution in [0.15, 0.2) is 24.3 Å². The van der Waals surface area contributed by atoms with Crippen molar-refractivity contribution in [3.8, 4) is 18.1 Å². The second kappa shape index (κ2) is 7.76. The van der Waals surface area contributed by atoms with Gasteiger partial charge in [0.25, 0.3) is 0 Å². The minimum absolute atomic E-state index is 0.340. The molecule has 2 heteroatoms. The van der Waals surface area contributed by atoms with E-state index >= 15 is 0 Å². The van der Waals surface area contributed by atoms with Gasteiger partial charge in [-0.1, -0.05) is 19.1 Å². The fourth-order valence-electron chi connectivity index (χ4n) is 1.82. The van der Waals surface area contributed by atoms with E-state index in [2.05, 4.69) is 30.3 Å². The van der Waals surface area contributed by atoms with Crippen LogP contribution in [0.25, 0.3) is 0 Å². The van der Waals surface area contributed by atoms with E-state index in [4.69, 9.17) is 11.2 Å². The van der Waals surface area contributed by atoms with E-state index in [1.807, 2.05) is 19.1 Å². The highest BCUT2D eigenvalue weighted by molar-refractivity contribution is 5.29. The first-order chi connectivity index (χ1) is 8.31. The molecule has 1 N–H and O–H groups in total. The van der Waals surface area contributed by atoms with Crippen LogP contribution in [0.2, 0.25) is 0 Å². The molecule has 1 unspecified atom stereocenters. The van der Waals surface area contributed by atoms with Gasteiger partial charge in [-0.25, -0.2) is 0 Å². The topological polar surface area (TPSA) is 21.3 Å². The lowest BCUT2D eigenvalue weighted by Crippen LogP contribution is -2.20. The summed E-state index contributed by atoms with van der Waals surface area (Å²) in [4.78, 5) is 0. The normalized spacial score (nSPS) is 11.8. The smallest absolute Gasteiger partial charge is 0.119 e. The van der Waals surface area contributed by atoms with Gasteiger partial charge in [0.2, 0.25) is 0 Å². The molecule has 0 radical (unpaired) electrons. The molecule has 0 spiro atoms. The van der Waals surface area contributed by atoms with Gasteiger partial charge in [0, 0.05) is 12.5 Å². The van der Waals surface area contributed by atoms with Crippen molar-refractivity contribution in [3.05, 3.63) is 29.8 Å². The Labute approximate surface area is 104 Å². The van der Waals surface area contributed by atoms with Crippen molar-refractivity contribution >= 4 is 0 Å². The average Bonchev–Trinajstić information content (AvgIpc) is 2.36. The van der Waals surface area contributed by atoms with Crippen LogP contribution < -0.4 is 10.1 Å². The summed E-state index contributed by atoms with van der Waals surface area (Å²) in [5.41, 5.74) is 1.27. The monoisotopic (exact) mass is 231 g/mol. The first-order valence-electron chi connectivity index (χ1n) is 6.21. The van der Waals surface area contributed by atoms with Crippen molar-refractivity contribution in [2.45, 2.75) is 32.7 Å². The fraction of sp³-hybridized carbons (Fsp3) is 0.467. The Morgan fingerprint density at radius 2 is 2.00 bits per heavy atom. The van der Waals surface area contributed by atoms with Gasteiger partial charge in [0.05, 0.1) is 6.61 Å². The van der Waals surface area contributed by atoms with Crippen LogP contribution in [0.1, 0.15) is 38.3 Å². The highest BCUT2D eigenvalue weighted by Gasteiger charge is 2.09. The van der Waals surface area contributed by atoms with Crippen LogP contribution in [-0.4, -0.2) is 13.2 Å². The number of hydrogen-bond acceptors (Lipinski definition) is 2. The Morgan fingerprint density at radius 3 is 2.53 bits per heavy atom. The zero-order valence-corrected chi connectivity index (χ0v) is 10.7. The third-order valence-corrected chi connectivity index (χ3v) is 2.62. The molecule has 0 aliphatic rings. The molecule has 1 aromatic rings. The highest BCUT2D eigenvalue weighted by Crippen LogP contribution is 2.21. The molecule has 0 heterocycles. The molecule has 2 nitrogen and oxygen atoms in total. The van der Waals surface area contributed by atoms with Crippen molar-refractivity contribution in [3.63, 3.8) is 0 Å². The molecule has 17 heavy (non-hydrogen) atoms. The maximum Gasteiger partial charge on any atom is 0.119 e. The number of hydrogen-bond donors (Lipinski definition) is 1. The van der Waals surface area contributed by atoms with E-state index in [-0.39, 0.29) is 0 Å². The molecular weight excluding hydrogens is 210 g/mol. The van der Waals surface area contributed by atoms with Crippen LogP contribution in [0, 0.1) is 12.3 Å². The third kappa shape index (κ3) is 4.50. The quantitative estimate of drug-likeness (QED) is 0.728. The summed E-state index contributed by atoms with van der Waals surface area (Å²) >= 11 is 0. The Bertz CT molecular complexity index is 350. The molecule has 0 aliphatic carbocycles. The molecule has 0 aliphatic heterocycles. The molecule has 0 saturated carbocycles. The number of nitrogens with one attached hydrogen (secondary N) is 1. The van der Waals surface area contributed by atoms with E-state index in [0.29, 0.717) is 12.6 Å². The summed E-state index contributed by atoms with van der Waals surface area (Å²) < 4.78 is 5.43. The second-order valence-corrected chi connectivity index (χ2v) is 3.86. The van der Waals surface area contributed by atoms with Crippen LogP contribution in [0.5, 0.6) is 5.75 Å². The van der Waals surface area contributed by atoms with Crippen LogP contribution in [-0.2, 0) is 0 Å². The van der Waals surface area contributed by atoms with Crippen LogP contribution >= 0.6 is 0 Å². The Morgan fingerprint density at radius 1 is 1.29 bits per heavy atom. The molecule has 92 valence electrons. The van der Waals surface area contributed by atoms with Gasteiger partial charge in [0.15, 0.2) is 0 Å². The van der Waals surface area contributed by atoms with Crippen LogP contribution in [0.4, 0.5) is 0 Å². The van der Waals surface area contributed by atoms with Crippen molar-refractivity contribution < 1.29 is 4.74 Å². The molecular formula is C15H21NO. The first-order valence-corrected chi connectivity index (χ1v) is 6.21. The zero-order valence-electron chi connectivity index (χ0n) is 10.7. The van der Waals surface area contributed by atoms with Crippen molar-refractivity contribution in [1.29, 1.82) is 0 Å². The van der Waals surface area contributed by atoms with Gasteiger partial charge in [0.1, 0.15) is 5.75 Å². The van der Waals surface area contributed by atoms with E-state index in [9.17, 15) is 0 Å². The highest BCUT2D eigenvalue weighted by atomic mass is 16.5. The number of rotatable bonds is 7. The molecule has 0 fully saturated rings. The Kier molecular flexibility index (Phi) is 6.21. The maximum atomic E-state index is 5.43. The van der Waals surface area contributed by atoms with Gasteiger partial charge in [-0.05, 0) is 37.6 Å². The second-order valence-electron chi connectivity index (χ2n) is 3.86. The molecule has 0 amide bonds. The van der Waals surface area contributed by atoms with Crippen molar-refractivity contribution in [1.82, 2.24) is 5.32 Å². The first kappa shape index (κ1) is 13.6.